The van der Waals surface area contributed by atoms with Crippen LogP contribution in [0.15, 0.2) is 72.8 Å². The summed E-state index contributed by atoms with van der Waals surface area (Å²) in [5, 5.41) is 30.5. The van der Waals surface area contributed by atoms with E-state index < -0.39 is 17.6 Å². The molecule has 0 aliphatic rings. The molecule has 1 heterocycles. The molecule has 3 rings (SSSR count). The van der Waals surface area contributed by atoms with E-state index in [0.717, 1.165) is 11.1 Å². The van der Waals surface area contributed by atoms with E-state index in [1.54, 1.807) is 0 Å². The van der Waals surface area contributed by atoms with Crippen LogP contribution < -0.4 is 4.90 Å². The third-order valence-corrected chi connectivity index (χ3v) is 4.50. The van der Waals surface area contributed by atoms with Crippen LogP contribution in [0.4, 0.5) is 11.5 Å². The quantitative estimate of drug-likeness (QED) is 0.428. The second-order valence-electron chi connectivity index (χ2n) is 6.77. The van der Waals surface area contributed by atoms with Crippen molar-refractivity contribution in [1.29, 1.82) is 0 Å². The predicted molar refractivity (Wildman–Crippen MR) is 110 cm³/mol. The number of pyridine rings is 1. The Bertz CT molecular complexity index is 894. The van der Waals surface area contributed by atoms with Crippen LogP contribution in [0.25, 0.3) is 0 Å². The molecule has 1 aromatic heterocycles. The SMILES string of the molecule is O=[N+]([O-])c1ccc(CC(O)CO)nc1N(Cc1ccccc1)Cc1ccccc1. The molecule has 150 valence electrons. The van der Waals surface area contributed by atoms with Gasteiger partial charge in [-0.2, -0.15) is 0 Å². The molecule has 0 saturated heterocycles. The van der Waals surface area contributed by atoms with Crippen molar-refractivity contribution in [3.8, 4) is 0 Å². The lowest BCUT2D eigenvalue weighted by Crippen LogP contribution is -2.25. The molecule has 0 bridgehead atoms. The molecule has 29 heavy (non-hydrogen) atoms. The number of nitro groups is 1. The van der Waals surface area contributed by atoms with Crippen LogP contribution in [0.2, 0.25) is 0 Å². The van der Waals surface area contributed by atoms with Crippen LogP contribution in [0.3, 0.4) is 0 Å². The number of nitrogens with zero attached hydrogens (tertiary/aromatic N) is 3. The number of benzene rings is 2. The number of rotatable bonds is 9. The number of aliphatic hydroxyl groups is 2. The van der Waals surface area contributed by atoms with E-state index in [1.807, 2.05) is 65.6 Å². The van der Waals surface area contributed by atoms with Gasteiger partial charge in [0.2, 0.25) is 5.82 Å². The van der Waals surface area contributed by atoms with Crippen molar-refractivity contribution in [3.05, 3.63) is 99.7 Å². The zero-order chi connectivity index (χ0) is 20.6. The molecule has 0 fully saturated rings. The van der Waals surface area contributed by atoms with Crippen LogP contribution in [-0.4, -0.2) is 32.8 Å². The number of hydrogen-bond acceptors (Lipinski definition) is 6. The summed E-state index contributed by atoms with van der Waals surface area (Å²) in [4.78, 5) is 17.6. The van der Waals surface area contributed by atoms with Gasteiger partial charge in [-0.25, -0.2) is 4.98 Å². The van der Waals surface area contributed by atoms with Crippen molar-refractivity contribution in [2.24, 2.45) is 0 Å². The van der Waals surface area contributed by atoms with Gasteiger partial charge in [-0.05, 0) is 17.2 Å². The molecule has 0 amide bonds. The van der Waals surface area contributed by atoms with Crippen LogP contribution in [0, 0.1) is 10.1 Å². The van der Waals surface area contributed by atoms with E-state index in [1.165, 1.54) is 12.1 Å². The van der Waals surface area contributed by atoms with Gasteiger partial charge in [-0.1, -0.05) is 60.7 Å². The molecule has 0 aliphatic heterocycles. The van der Waals surface area contributed by atoms with Crippen molar-refractivity contribution in [1.82, 2.24) is 4.98 Å². The molecule has 0 saturated carbocycles. The highest BCUT2D eigenvalue weighted by atomic mass is 16.6. The molecular weight excluding hydrogens is 370 g/mol. The van der Waals surface area contributed by atoms with Crippen LogP contribution >= 0.6 is 0 Å². The molecular formula is C22H23N3O4. The normalized spacial score (nSPS) is 11.8. The first kappa shape index (κ1) is 20.4. The van der Waals surface area contributed by atoms with Crippen LogP contribution in [-0.2, 0) is 19.5 Å². The van der Waals surface area contributed by atoms with Crippen molar-refractivity contribution >= 4 is 11.5 Å². The Balaban J connectivity index is 2.01. The number of hydrogen-bond donors (Lipinski definition) is 2. The van der Waals surface area contributed by atoms with Crippen molar-refractivity contribution in [2.45, 2.75) is 25.6 Å². The Morgan fingerprint density at radius 1 is 0.931 bits per heavy atom. The smallest absolute Gasteiger partial charge is 0.311 e. The highest BCUT2D eigenvalue weighted by Crippen LogP contribution is 2.29. The van der Waals surface area contributed by atoms with Gasteiger partial charge in [-0.15, -0.1) is 0 Å². The summed E-state index contributed by atoms with van der Waals surface area (Å²) in [7, 11) is 0. The van der Waals surface area contributed by atoms with Gasteiger partial charge >= 0.3 is 5.69 Å². The third kappa shape index (κ3) is 5.60. The minimum Gasteiger partial charge on any atom is -0.394 e. The lowest BCUT2D eigenvalue weighted by atomic mass is 10.1. The van der Waals surface area contributed by atoms with E-state index in [9.17, 15) is 15.2 Å². The molecule has 1 unspecified atom stereocenters. The first-order chi connectivity index (χ1) is 14.1. The van der Waals surface area contributed by atoms with E-state index in [-0.39, 0.29) is 17.9 Å². The highest BCUT2D eigenvalue weighted by Gasteiger charge is 2.23. The molecule has 2 N–H and O–H groups in total. The fourth-order valence-corrected chi connectivity index (χ4v) is 3.09. The average Bonchev–Trinajstić information content (AvgIpc) is 2.74. The molecule has 0 spiro atoms. The molecule has 7 heteroatoms. The molecule has 7 nitrogen and oxygen atoms in total. The average molecular weight is 393 g/mol. The molecule has 0 radical (unpaired) electrons. The minimum absolute atomic E-state index is 0.0981. The van der Waals surface area contributed by atoms with Crippen LogP contribution in [0.5, 0.6) is 0 Å². The fourth-order valence-electron chi connectivity index (χ4n) is 3.09. The van der Waals surface area contributed by atoms with Gasteiger partial charge < -0.3 is 15.1 Å². The van der Waals surface area contributed by atoms with Gasteiger partial charge in [0.15, 0.2) is 0 Å². The summed E-state index contributed by atoms with van der Waals surface area (Å²) < 4.78 is 0. The minimum atomic E-state index is -0.964. The lowest BCUT2D eigenvalue weighted by molar-refractivity contribution is -0.384. The highest BCUT2D eigenvalue weighted by molar-refractivity contribution is 5.58. The molecule has 0 aliphatic carbocycles. The van der Waals surface area contributed by atoms with Gasteiger partial charge in [0, 0.05) is 31.3 Å². The second kappa shape index (κ2) is 9.77. The predicted octanol–water partition coefficient (Wildman–Crippen LogP) is 3.09. The Hall–Kier alpha value is -3.29. The van der Waals surface area contributed by atoms with Crippen molar-refractivity contribution in [3.63, 3.8) is 0 Å². The largest absolute Gasteiger partial charge is 0.394 e. The number of anilines is 1. The number of aliphatic hydroxyl groups excluding tert-OH is 2. The lowest BCUT2D eigenvalue weighted by Gasteiger charge is -2.24. The van der Waals surface area contributed by atoms with Crippen molar-refractivity contribution < 1.29 is 15.1 Å². The Kier molecular flexibility index (Phi) is 6.89. The van der Waals surface area contributed by atoms with Gasteiger partial charge in [-0.3, -0.25) is 10.1 Å². The summed E-state index contributed by atoms with van der Waals surface area (Å²) in [6.07, 6.45) is -0.847. The summed E-state index contributed by atoms with van der Waals surface area (Å²) in [5.74, 6) is 0.241. The monoisotopic (exact) mass is 393 g/mol. The first-order valence-corrected chi connectivity index (χ1v) is 9.33. The molecule has 3 aromatic rings. The first-order valence-electron chi connectivity index (χ1n) is 9.33. The molecule has 1 atom stereocenters. The fraction of sp³-hybridized carbons (Fsp3) is 0.227. The Morgan fingerprint density at radius 3 is 1.97 bits per heavy atom. The maximum atomic E-state index is 11.7. The van der Waals surface area contributed by atoms with E-state index in [2.05, 4.69) is 4.98 Å². The molecule has 2 aromatic carbocycles. The second-order valence-corrected chi connectivity index (χ2v) is 6.77. The van der Waals surface area contributed by atoms with Crippen LogP contribution in [0.1, 0.15) is 16.8 Å². The summed E-state index contributed by atoms with van der Waals surface area (Å²) in [6, 6.07) is 22.3. The Morgan fingerprint density at radius 2 is 1.48 bits per heavy atom. The van der Waals surface area contributed by atoms with E-state index in [0.29, 0.717) is 18.8 Å². The van der Waals surface area contributed by atoms with E-state index >= 15 is 0 Å². The van der Waals surface area contributed by atoms with Gasteiger partial charge in [0.25, 0.3) is 0 Å². The van der Waals surface area contributed by atoms with Gasteiger partial charge in [0.1, 0.15) is 0 Å². The zero-order valence-electron chi connectivity index (χ0n) is 15.9. The topological polar surface area (TPSA) is 99.7 Å². The summed E-state index contributed by atoms with van der Waals surface area (Å²) in [5.41, 5.74) is 2.39. The third-order valence-electron chi connectivity index (χ3n) is 4.50. The maximum absolute atomic E-state index is 11.7. The maximum Gasteiger partial charge on any atom is 0.311 e. The summed E-state index contributed by atoms with van der Waals surface area (Å²) >= 11 is 0. The van der Waals surface area contributed by atoms with E-state index in [4.69, 9.17) is 5.11 Å². The number of aromatic nitrogens is 1. The standard InChI is InChI=1S/C22H23N3O4/c26-16-20(27)13-19-11-12-21(25(28)29)22(23-19)24(14-17-7-3-1-4-8-17)15-18-9-5-2-6-10-18/h1-12,20,26-27H,13-16H2. The van der Waals surface area contributed by atoms with Crippen molar-refractivity contribution in [2.75, 3.05) is 11.5 Å². The zero-order valence-corrected chi connectivity index (χ0v) is 15.9. The van der Waals surface area contributed by atoms with Gasteiger partial charge in [0.05, 0.1) is 17.6 Å². The summed E-state index contributed by atoms with van der Waals surface area (Å²) in [6.45, 7) is 0.483. The Labute approximate surface area is 169 Å².